The van der Waals surface area contributed by atoms with Gasteiger partial charge in [-0.15, -0.1) is 0 Å². The fourth-order valence-corrected chi connectivity index (χ4v) is 2.37. The Morgan fingerprint density at radius 3 is 2.76 bits per heavy atom. The van der Waals surface area contributed by atoms with Gasteiger partial charge in [0.25, 0.3) is 0 Å². The van der Waals surface area contributed by atoms with Crippen LogP contribution >= 0.6 is 11.6 Å². The maximum atomic E-state index is 9.21. The molecule has 1 aliphatic heterocycles. The molecule has 0 aliphatic carbocycles. The number of halogens is 1. The lowest BCUT2D eigenvalue weighted by molar-refractivity contribution is -0.0266. The first-order valence-electron chi connectivity index (χ1n) is 5.90. The van der Waals surface area contributed by atoms with Crippen LogP contribution in [0.2, 0.25) is 5.02 Å². The molecule has 0 bridgehead atoms. The summed E-state index contributed by atoms with van der Waals surface area (Å²) in [6, 6.07) is 8.06. The van der Waals surface area contributed by atoms with Gasteiger partial charge in [0.1, 0.15) is 6.23 Å². The van der Waals surface area contributed by atoms with Crippen LogP contribution in [0.1, 0.15) is 25.6 Å². The Bertz CT molecular complexity index is 383. The van der Waals surface area contributed by atoms with Crippen molar-refractivity contribution >= 4 is 11.6 Å². The van der Waals surface area contributed by atoms with Crippen LogP contribution < -0.4 is 0 Å². The van der Waals surface area contributed by atoms with E-state index in [-0.39, 0.29) is 18.9 Å². The normalized spacial score (nSPS) is 25.7. The SMILES string of the molecule is CC(C)N1CC(CO)OC1c1ccccc1Cl. The first-order valence-corrected chi connectivity index (χ1v) is 6.27. The van der Waals surface area contributed by atoms with Crippen LogP contribution in [0.15, 0.2) is 24.3 Å². The van der Waals surface area contributed by atoms with E-state index in [1.807, 2.05) is 24.3 Å². The average Bonchev–Trinajstić information content (AvgIpc) is 2.73. The summed E-state index contributed by atoms with van der Waals surface area (Å²) in [6.07, 6.45) is -0.278. The summed E-state index contributed by atoms with van der Waals surface area (Å²) in [5, 5.41) is 9.92. The van der Waals surface area contributed by atoms with Gasteiger partial charge in [-0.3, -0.25) is 4.90 Å². The highest BCUT2D eigenvalue weighted by molar-refractivity contribution is 6.31. The average molecular weight is 256 g/mol. The summed E-state index contributed by atoms with van der Waals surface area (Å²) < 4.78 is 5.84. The maximum absolute atomic E-state index is 9.21. The predicted molar refractivity (Wildman–Crippen MR) is 68.0 cm³/mol. The van der Waals surface area contributed by atoms with Crippen LogP contribution in [-0.4, -0.2) is 35.3 Å². The molecule has 17 heavy (non-hydrogen) atoms. The minimum Gasteiger partial charge on any atom is -0.394 e. The Labute approximate surface area is 107 Å². The van der Waals surface area contributed by atoms with Gasteiger partial charge in [0, 0.05) is 23.2 Å². The molecular formula is C13H18ClNO2. The Morgan fingerprint density at radius 1 is 1.47 bits per heavy atom. The van der Waals surface area contributed by atoms with Crippen LogP contribution in [0.3, 0.4) is 0 Å². The Hall–Kier alpha value is -0.610. The smallest absolute Gasteiger partial charge is 0.139 e. The fourth-order valence-electron chi connectivity index (χ4n) is 2.14. The van der Waals surface area contributed by atoms with Crippen LogP contribution in [0.25, 0.3) is 0 Å². The summed E-state index contributed by atoms with van der Waals surface area (Å²) in [4.78, 5) is 2.21. The summed E-state index contributed by atoms with van der Waals surface area (Å²) in [6.45, 7) is 5.02. The van der Waals surface area contributed by atoms with Crippen molar-refractivity contribution in [3.05, 3.63) is 34.9 Å². The zero-order valence-corrected chi connectivity index (χ0v) is 10.9. The number of aliphatic hydroxyl groups is 1. The molecule has 1 aromatic carbocycles. The van der Waals surface area contributed by atoms with Gasteiger partial charge in [-0.25, -0.2) is 0 Å². The van der Waals surface area contributed by atoms with E-state index in [0.717, 1.165) is 12.1 Å². The number of ether oxygens (including phenoxy) is 1. The summed E-state index contributed by atoms with van der Waals surface area (Å²) in [5.41, 5.74) is 0.971. The molecule has 94 valence electrons. The number of benzene rings is 1. The highest BCUT2D eigenvalue weighted by atomic mass is 35.5. The molecule has 1 aromatic rings. The van der Waals surface area contributed by atoms with Crippen LogP contribution in [-0.2, 0) is 4.74 Å². The van der Waals surface area contributed by atoms with E-state index in [4.69, 9.17) is 16.3 Å². The van der Waals surface area contributed by atoms with Crippen molar-refractivity contribution in [2.24, 2.45) is 0 Å². The number of aliphatic hydroxyl groups excluding tert-OH is 1. The molecule has 0 spiro atoms. The monoisotopic (exact) mass is 255 g/mol. The topological polar surface area (TPSA) is 32.7 Å². The van der Waals surface area contributed by atoms with E-state index in [1.165, 1.54) is 0 Å². The molecule has 4 heteroatoms. The Balaban J connectivity index is 2.27. The van der Waals surface area contributed by atoms with Crippen molar-refractivity contribution in [1.29, 1.82) is 0 Å². The number of rotatable bonds is 3. The van der Waals surface area contributed by atoms with E-state index in [1.54, 1.807) is 0 Å². The van der Waals surface area contributed by atoms with Gasteiger partial charge in [-0.2, -0.15) is 0 Å². The van der Waals surface area contributed by atoms with Gasteiger partial charge >= 0.3 is 0 Å². The van der Waals surface area contributed by atoms with Crippen molar-refractivity contribution in [2.75, 3.05) is 13.2 Å². The second-order valence-electron chi connectivity index (χ2n) is 4.61. The second-order valence-corrected chi connectivity index (χ2v) is 5.01. The summed E-state index contributed by atoms with van der Waals surface area (Å²) in [5.74, 6) is 0. The molecule has 1 N–H and O–H groups in total. The molecule has 0 amide bonds. The van der Waals surface area contributed by atoms with E-state index in [0.29, 0.717) is 11.1 Å². The van der Waals surface area contributed by atoms with Crippen molar-refractivity contribution < 1.29 is 9.84 Å². The molecule has 2 atom stereocenters. The molecule has 1 aliphatic rings. The van der Waals surface area contributed by atoms with E-state index in [2.05, 4.69) is 18.7 Å². The lowest BCUT2D eigenvalue weighted by Gasteiger charge is -2.27. The molecule has 0 radical (unpaired) electrons. The minimum absolute atomic E-state index is 0.0458. The van der Waals surface area contributed by atoms with Gasteiger partial charge in [-0.1, -0.05) is 29.8 Å². The molecule has 3 nitrogen and oxygen atoms in total. The Kier molecular flexibility index (Phi) is 4.05. The summed E-state index contributed by atoms with van der Waals surface area (Å²) >= 11 is 6.20. The fraction of sp³-hybridized carbons (Fsp3) is 0.538. The van der Waals surface area contributed by atoms with E-state index >= 15 is 0 Å². The lowest BCUT2D eigenvalue weighted by atomic mass is 10.1. The molecule has 1 saturated heterocycles. The van der Waals surface area contributed by atoms with Crippen LogP contribution in [0.5, 0.6) is 0 Å². The third-order valence-electron chi connectivity index (χ3n) is 3.08. The number of hydrogen-bond donors (Lipinski definition) is 1. The molecule has 0 aromatic heterocycles. The van der Waals surface area contributed by atoms with Gasteiger partial charge in [-0.05, 0) is 19.9 Å². The maximum Gasteiger partial charge on any atom is 0.139 e. The second kappa shape index (κ2) is 5.36. The van der Waals surface area contributed by atoms with E-state index < -0.39 is 0 Å². The lowest BCUT2D eigenvalue weighted by Crippen LogP contribution is -2.32. The number of nitrogens with zero attached hydrogens (tertiary/aromatic N) is 1. The van der Waals surface area contributed by atoms with Gasteiger partial charge in [0.15, 0.2) is 0 Å². The molecule has 2 unspecified atom stereocenters. The van der Waals surface area contributed by atoms with Gasteiger partial charge in [0.05, 0.1) is 12.7 Å². The first-order chi connectivity index (χ1) is 8.13. The zero-order chi connectivity index (χ0) is 12.4. The third kappa shape index (κ3) is 2.63. The molecule has 2 rings (SSSR count). The van der Waals surface area contributed by atoms with Crippen molar-refractivity contribution in [1.82, 2.24) is 4.90 Å². The molecular weight excluding hydrogens is 238 g/mol. The standard InChI is InChI=1S/C13H18ClNO2/c1-9(2)15-7-10(8-16)17-13(15)11-5-3-4-6-12(11)14/h3-6,9-10,13,16H,7-8H2,1-2H3. The molecule has 0 saturated carbocycles. The quantitative estimate of drug-likeness (QED) is 0.901. The minimum atomic E-state index is -0.152. The van der Waals surface area contributed by atoms with Crippen molar-refractivity contribution in [3.8, 4) is 0 Å². The number of hydrogen-bond acceptors (Lipinski definition) is 3. The highest BCUT2D eigenvalue weighted by Gasteiger charge is 2.35. The summed E-state index contributed by atoms with van der Waals surface area (Å²) in [7, 11) is 0. The van der Waals surface area contributed by atoms with Gasteiger partial charge < -0.3 is 9.84 Å². The third-order valence-corrected chi connectivity index (χ3v) is 3.42. The Morgan fingerprint density at radius 2 is 2.18 bits per heavy atom. The predicted octanol–water partition coefficient (Wildman–Crippen LogP) is 2.44. The molecule has 1 heterocycles. The highest BCUT2D eigenvalue weighted by Crippen LogP contribution is 2.35. The molecule has 1 fully saturated rings. The largest absolute Gasteiger partial charge is 0.394 e. The zero-order valence-electron chi connectivity index (χ0n) is 10.1. The van der Waals surface area contributed by atoms with Gasteiger partial charge in [0.2, 0.25) is 0 Å². The van der Waals surface area contributed by atoms with Crippen LogP contribution in [0.4, 0.5) is 0 Å². The van der Waals surface area contributed by atoms with E-state index in [9.17, 15) is 5.11 Å². The van der Waals surface area contributed by atoms with Crippen molar-refractivity contribution in [3.63, 3.8) is 0 Å². The first kappa shape index (κ1) is 12.8. The van der Waals surface area contributed by atoms with Crippen LogP contribution in [0, 0.1) is 0 Å². The van der Waals surface area contributed by atoms with Crippen molar-refractivity contribution in [2.45, 2.75) is 32.2 Å².